The van der Waals surface area contributed by atoms with Crippen LogP contribution in [-0.2, 0) is 11.2 Å². The number of ether oxygens (including phenoxy) is 1. The van der Waals surface area contributed by atoms with E-state index in [1.54, 1.807) is 7.11 Å². The second-order valence-electron chi connectivity index (χ2n) is 5.60. The third-order valence-electron chi connectivity index (χ3n) is 4.39. The Bertz CT molecular complexity index is 609. The molecule has 2 aromatic rings. The average Bonchev–Trinajstić information content (AvgIpc) is 2.76. The molecule has 1 aliphatic rings. The molecule has 4 nitrogen and oxygen atoms in total. The van der Waals surface area contributed by atoms with E-state index in [0.717, 1.165) is 36.1 Å². The van der Waals surface area contributed by atoms with Crippen molar-refractivity contribution >= 4 is 5.88 Å². The van der Waals surface area contributed by atoms with Crippen LogP contribution >= 0.6 is 0 Å². The maximum Gasteiger partial charge on any atom is 0.230 e. The lowest BCUT2D eigenvalue weighted by atomic mass is 9.76. The lowest BCUT2D eigenvalue weighted by Gasteiger charge is -2.40. The number of anilines is 1. The minimum absolute atomic E-state index is 0.0826. The van der Waals surface area contributed by atoms with E-state index in [9.17, 15) is 0 Å². The van der Waals surface area contributed by atoms with Crippen LogP contribution in [0.5, 0.6) is 0 Å². The SMILES string of the molecule is COC1(Cc2noc(N)c2-c2ccccc2C)CCC1. The Kier molecular flexibility index (Phi) is 3.26. The maximum atomic E-state index is 5.99. The Balaban J connectivity index is 2.00. The number of benzene rings is 1. The van der Waals surface area contributed by atoms with E-state index in [2.05, 4.69) is 24.2 Å². The van der Waals surface area contributed by atoms with Crippen molar-refractivity contribution in [2.45, 2.75) is 38.2 Å². The number of rotatable bonds is 4. The van der Waals surface area contributed by atoms with Gasteiger partial charge in [-0.3, -0.25) is 0 Å². The van der Waals surface area contributed by atoms with Crippen molar-refractivity contribution in [2.24, 2.45) is 0 Å². The second-order valence-corrected chi connectivity index (χ2v) is 5.60. The Morgan fingerprint density at radius 1 is 1.35 bits per heavy atom. The number of aryl methyl sites for hydroxylation is 1. The molecule has 0 aliphatic heterocycles. The van der Waals surface area contributed by atoms with Gasteiger partial charge in [-0.15, -0.1) is 0 Å². The molecule has 1 heterocycles. The molecule has 20 heavy (non-hydrogen) atoms. The number of hydrogen-bond acceptors (Lipinski definition) is 4. The molecule has 1 aromatic carbocycles. The fourth-order valence-corrected chi connectivity index (χ4v) is 2.93. The Morgan fingerprint density at radius 2 is 2.10 bits per heavy atom. The van der Waals surface area contributed by atoms with E-state index in [1.165, 1.54) is 12.0 Å². The van der Waals surface area contributed by atoms with Gasteiger partial charge in [-0.1, -0.05) is 29.4 Å². The molecule has 0 saturated heterocycles. The van der Waals surface area contributed by atoms with Crippen LogP contribution in [0.15, 0.2) is 28.8 Å². The van der Waals surface area contributed by atoms with E-state index in [-0.39, 0.29) is 5.60 Å². The summed E-state index contributed by atoms with van der Waals surface area (Å²) in [4.78, 5) is 0. The molecule has 4 heteroatoms. The topological polar surface area (TPSA) is 61.3 Å². The van der Waals surface area contributed by atoms with Crippen LogP contribution in [0.25, 0.3) is 11.1 Å². The van der Waals surface area contributed by atoms with Crippen molar-refractivity contribution in [3.63, 3.8) is 0 Å². The zero-order valence-electron chi connectivity index (χ0n) is 12.0. The van der Waals surface area contributed by atoms with Crippen LogP contribution in [0.1, 0.15) is 30.5 Å². The summed E-state index contributed by atoms with van der Waals surface area (Å²) in [6, 6.07) is 8.15. The first-order valence-electron chi connectivity index (χ1n) is 7.00. The van der Waals surface area contributed by atoms with Gasteiger partial charge in [0, 0.05) is 13.5 Å². The molecule has 1 aliphatic carbocycles. The Labute approximate surface area is 118 Å². The molecule has 3 rings (SSSR count). The van der Waals surface area contributed by atoms with Gasteiger partial charge in [0.25, 0.3) is 0 Å². The molecule has 2 N–H and O–H groups in total. The highest BCUT2D eigenvalue weighted by Gasteiger charge is 2.39. The number of methoxy groups -OCH3 is 1. The lowest BCUT2D eigenvalue weighted by Crippen LogP contribution is -2.41. The molecule has 1 saturated carbocycles. The predicted molar refractivity (Wildman–Crippen MR) is 78.4 cm³/mol. The summed E-state index contributed by atoms with van der Waals surface area (Å²) in [5.74, 6) is 0.389. The number of hydrogen-bond donors (Lipinski definition) is 1. The molecule has 1 aromatic heterocycles. The molecule has 0 atom stereocenters. The summed E-state index contributed by atoms with van der Waals surface area (Å²) in [6.07, 6.45) is 4.11. The van der Waals surface area contributed by atoms with Crippen molar-refractivity contribution in [3.05, 3.63) is 35.5 Å². The summed E-state index contributed by atoms with van der Waals surface area (Å²) in [5, 5.41) is 4.17. The highest BCUT2D eigenvalue weighted by Crippen LogP contribution is 2.41. The minimum atomic E-state index is -0.0826. The van der Waals surface area contributed by atoms with Crippen LogP contribution in [0, 0.1) is 6.92 Å². The molecular formula is C16H20N2O2. The zero-order valence-corrected chi connectivity index (χ0v) is 12.0. The fourth-order valence-electron chi connectivity index (χ4n) is 2.93. The molecular weight excluding hydrogens is 252 g/mol. The van der Waals surface area contributed by atoms with Gasteiger partial charge in [0.2, 0.25) is 5.88 Å². The number of aromatic nitrogens is 1. The van der Waals surface area contributed by atoms with Gasteiger partial charge in [-0.05, 0) is 37.3 Å². The van der Waals surface area contributed by atoms with Crippen molar-refractivity contribution in [2.75, 3.05) is 12.8 Å². The molecule has 0 bridgehead atoms. The summed E-state index contributed by atoms with van der Waals surface area (Å²) < 4.78 is 10.9. The number of nitrogen functional groups attached to an aromatic ring is 1. The Morgan fingerprint density at radius 3 is 2.70 bits per heavy atom. The van der Waals surface area contributed by atoms with Gasteiger partial charge >= 0.3 is 0 Å². The summed E-state index contributed by atoms with van der Waals surface area (Å²) in [6.45, 7) is 2.07. The van der Waals surface area contributed by atoms with E-state index in [1.807, 2.05) is 12.1 Å². The van der Waals surface area contributed by atoms with Crippen molar-refractivity contribution < 1.29 is 9.26 Å². The first-order chi connectivity index (χ1) is 9.65. The third kappa shape index (κ3) is 2.10. The van der Waals surface area contributed by atoms with Gasteiger partial charge in [0.05, 0.1) is 16.9 Å². The van der Waals surface area contributed by atoms with Crippen LogP contribution in [-0.4, -0.2) is 17.9 Å². The first kappa shape index (κ1) is 13.2. The Hall–Kier alpha value is -1.81. The molecule has 0 radical (unpaired) electrons. The largest absolute Gasteiger partial charge is 0.378 e. The number of nitrogens with two attached hydrogens (primary N) is 1. The van der Waals surface area contributed by atoms with Crippen LogP contribution in [0.3, 0.4) is 0 Å². The predicted octanol–water partition coefficient (Wildman–Crippen LogP) is 3.34. The summed E-state index contributed by atoms with van der Waals surface area (Å²) in [7, 11) is 1.77. The highest BCUT2D eigenvalue weighted by molar-refractivity contribution is 5.77. The smallest absolute Gasteiger partial charge is 0.230 e. The van der Waals surface area contributed by atoms with Crippen LogP contribution in [0.4, 0.5) is 5.88 Å². The summed E-state index contributed by atoms with van der Waals surface area (Å²) in [5.41, 5.74) is 9.99. The quantitative estimate of drug-likeness (QED) is 0.927. The molecule has 0 unspecified atom stereocenters. The molecule has 1 fully saturated rings. The normalized spacial score (nSPS) is 16.9. The maximum absolute atomic E-state index is 5.99. The molecule has 106 valence electrons. The molecule has 0 spiro atoms. The average molecular weight is 272 g/mol. The van der Waals surface area contributed by atoms with E-state index in [4.69, 9.17) is 15.0 Å². The lowest BCUT2D eigenvalue weighted by molar-refractivity contribution is -0.0717. The van der Waals surface area contributed by atoms with Gasteiger partial charge in [0.15, 0.2) is 0 Å². The van der Waals surface area contributed by atoms with Gasteiger partial charge in [-0.2, -0.15) is 0 Å². The van der Waals surface area contributed by atoms with Gasteiger partial charge in [-0.25, -0.2) is 0 Å². The second kappa shape index (κ2) is 4.94. The van der Waals surface area contributed by atoms with E-state index in [0.29, 0.717) is 5.88 Å². The first-order valence-corrected chi connectivity index (χ1v) is 7.00. The van der Waals surface area contributed by atoms with Crippen molar-refractivity contribution in [1.29, 1.82) is 0 Å². The third-order valence-corrected chi connectivity index (χ3v) is 4.39. The van der Waals surface area contributed by atoms with Crippen LogP contribution in [0.2, 0.25) is 0 Å². The van der Waals surface area contributed by atoms with Crippen molar-refractivity contribution in [1.82, 2.24) is 5.16 Å². The zero-order chi connectivity index (χ0) is 14.2. The number of nitrogens with zero attached hydrogens (tertiary/aromatic N) is 1. The minimum Gasteiger partial charge on any atom is -0.378 e. The van der Waals surface area contributed by atoms with E-state index < -0.39 is 0 Å². The van der Waals surface area contributed by atoms with Gasteiger partial charge in [0.1, 0.15) is 0 Å². The van der Waals surface area contributed by atoms with Crippen molar-refractivity contribution in [3.8, 4) is 11.1 Å². The fraction of sp³-hybridized carbons (Fsp3) is 0.438. The molecule has 0 amide bonds. The highest BCUT2D eigenvalue weighted by atomic mass is 16.5. The van der Waals surface area contributed by atoms with Crippen LogP contribution < -0.4 is 5.73 Å². The van der Waals surface area contributed by atoms with Gasteiger partial charge < -0.3 is 15.0 Å². The monoisotopic (exact) mass is 272 g/mol. The summed E-state index contributed by atoms with van der Waals surface area (Å²) >= 11 is 0. The van der Waals surface area contributed by atoms with E-state index >= 15 is 0 Å². The standard InChI is InChI=1S/C16H20N2O2/c1-11-6-3-4-7-12(11)14-13(18-20-15(14)17)10-16(19-2)8-5-9-16/h3-4,6-7H,5,8-10,17H2,1-2H3.